The van der Waals surface area contributed by atoms with Crippen molar-refractivity contribution >= 4 is 50.5 Å². The number of piperazine rings is 1. The number of aromatic nitrogens is 3. The van der Waals surface area contributed by atoms with Crippen LogP contribution < -0.4 is 10.6 Å². The normalized spacial score (nSPS) is 17.4. The van der Waals surface area contributed by atoms with Crippen molar-refractivity contribution in [2.45, 2.75) is 51.5 Å². The molecule has 0 aliphatic carbocycles. The molecule has 0 spiro atoms. The van der Waals surface area contributed by atoms with Gasteiger partial charge in [0.25, 0.3) is 0 Å². The van der Waals surface area contributed by atoms with Gasteiger partial charge in [0.15, 0.2) is 0 Å². The first-order chi connectivity index (χ1) is 22.6. The minimum Gasteiger partial charge on any atom is -0.367 e. The van der Waals surface area contributed by atoms with E-state index in [4.69, 9.17) is 0 Å². The van der Waals surface area contributed by atoms with Gasteiger partial charge in [0.2, 0.25) is 5.95 Å². The van der Waals surface area contributed by atoms with Crippen LogP contribution in [0.3, 0.4) is 0 Å². The average molecular weight is 668 g/mol. The minimum absolute atomic E-state index is 0.142. The van der Waals surface area contributed by atoms with E-state index in [1.165, 1.54) is 11.1 Å². The number of fused-ring (bicyclic) bond motifs is 2. The summed E-state index contributed by atoms with van der Waals surface area (Å²) in [5.74, 6) is 0.952. The van der Waals surface area contributed by atoms with E-state index in [0.29, 0.717) is 34.2 Å². The van der Waals surface area contributed by atoms with Gasteiger partial charge in [0.05, 0.1) is 18.4 Å². The number of hydrogen-bond donors (Lipinski definition) is 2. The Morgan fingerprint density at radius 3 is 2.45 bits per heavy atom. The van der Waals surface area contributed by atoms with Gasteiger partial charge in [0.1, 0.15) is 28.7 Å². The predicted octanol–water partition coefficient (Wildman–Crippen LogP) is 4.87. The first-order valence-electron chi connectivity index (χ1n) is 16.1. The van der Waals surface area contributed by atoms with Gasteiger partial charge in [-0.25, -0.2) is 4.98 Å². The Bertz CT molecular complexity index is 1760. The second-order valence-electron chi connectivity index (χ2n) is 12.4. The van der Waals surface area contributed by atoms with Crippen LogP contribution in [0.4, 0.5) is 24.9 Å². The molecule has 0 amide bonds. The molecule has 2 saturated heterocycles. The van der Waals surface area contributed by atoms with Crippen molar-refractivity contribution in [1.82, 2.24) is 29.2 Å². The second kappa shape index (κ2) is 14.1. The van der Waals surface area contributed by atoms with Gasteiger partial charge in [0, 0.05) is 87.8 Å². The Balaban J connectivity index is 1.08. The van der Waals surface area contributed by atoms with Crippen LogP contribution in [0.15, 0.2) is 24.3 Å². The maximum absolute atomic E-state index is 13.1. The fourth-order valence-electron chi connectivity index (χ4n) is 6.72. The smallest absolute Gasteiger partial charge is 0.367 e. The van der Waals surface area contributed by atoms with Crippen LogP contribution in [0.25, 0.3) is 21.1 Å². The number of carbonyl (C=O) groups excluding carboxylic acids is 1. The summed E-state index contributed by atoms with van der Waals surface area (Å²) in [7, 11) is 1.70. The zero-order valence-corrected chi connectivity index (χ0v) is 27.6. The second-order valence-corrected chi connectivity index (χ2v) is 13.6. The summed E-state index contributed by atoms with van der Waals surface area (Å²) in [5, 5.41) is 18.1. The summed E-state index contributed by atoms with van der Waals surface area (Å²) in [6, 6.07) is 10.4. The molecule has 10 nitrogen and oxygen atoms in total. The van der Waals surface area contributed by atoms with E-state index in [1.807, 2.05) is 6.07 Å². The largest absolute Gasteiger partial charge is 0.393 e. The highest BCUT2D eigenvalue weighted by atomic mass is 32.1. The van der Waals surface area contributed by atoms with E-state index >= 15 is 0 Å². The summed E-state index contributed by atoms with van der Waals surface area (Å²) in [6.07, 6.45) is -2.54. The molecule has 47 heavy (non-hydrogen) atoms. The van der Waals surface area contributed by atoms with Crippen molar-refractivity contribution in [3.05, 3.63) is 46.0 Å². The van der Waals surface area contributed by atoms with E-state index in [1.54, 1.807) is 13.1 Å². The summed E-state index contributed by atoms with van der Waals surface area (Å²) in [5.41, 5.74) is 4.18. The number of nitrogens with zero attached hydrogens (tertiary/aromatic N) is 7. The van der Waals surface area contributed by atoms with Gasteiger partial charge in [-0.3, -0.25) is 14.7 Å². The van der Waals surface area contributed by atoms with Crippen molar-refractivity contribution in [3.8, 4) is 6.07 Å². The van der Waals surface area contributed by atoms with E-state index in [2.05, 4.69) is 65.0 Å². The summed E-state index contributed by atoms with van der Waals surface area (Å²) in [4.78, 5) is 27.5. The van der Waals surface area contributed by atoms with E-state index in [9.17, 15) is 23.2 Å². The van der Waals surface area contributed by atoms with Crippen LogP contribution in [0.5, 0.6) is 0 Å². The number of anilines is 2. The molecule has 2 fully saturated rings. The minimum atomic E-state index is -4.28. The molecule has 2 aliphatic heterocycles. The number of piperidine rings is 1. The Morgan fingerprint density at radius 1 is 1.02 bits per heavy atom. The number of likely N-dealkylation sites (tertiary alicyclic amines) is 1. The van der Waals surface area contributed by atoms with Crippen molar-refractivity contribution in [1.29, 1.82) is 5.26 Å². The molecule has 0 saturated carbocycles. The lowest BCUT2D eigenvalue weighted by molar-refractivity contribution is -0.126. The standard InChI is InChI=1S/C33H40F3N9OS/c1-22-23(3-4-29-27(22)17-25(20-37)45(29)14-13-42-9-11-43(12-10-42)15-16-46)21-44-7-5-24(6-8-44)39-30-28-18-26(19-33(34,35)36)47-31(28)41-32(38-2)40-30/h3-4,16-18,24H,5-15,19,21H2,1-2H3,(H2,38,39,40,41). The fourth-order valence-corrected chi connectivity index (χ4v) is 7.77. The number of aldehydes is 1. The van der Waals surface area contributed by atoms with Crippen molar-refractivity contribution < 1.29 is 18.0 Å². The molecule has 2 N–H and O–H groups in total. The molecule has 4 aromatic rings. The summed E-state index contributed by atoms with van der Waals surface area (Å²) < 4.78 is 41.3. The van der Waals surface area contributed by atoms with E-state index in [-0.39, 0.29) is 10.9 Å². The molecule has 0 bridgehead atoms. The Morgan fingerprint density at radius 2 is 1.77 bits per heavy atom. The van der Waals surface area contributed by atoms with Crippen molar-refractivity contribution in [2.75, 3.05) is 70.0 Å². The Labute approximate surface area is 276 Å². The quantitative estimate of drug-likeness (QED) is 0.217. The number of nitriles is 1. The predicted molar refractivity (Wildman–Crippen MR) is 179 cm³/mol. The first-order valence-corrected chi connectivity index (χ1v) is 16.9. The average Bonchev–Trinajstić information content (AvgIpc) is 3.63. The molecular weight excluding hydrogens is 627 g/mol. The molecular formula is C33H40F3N9OS. The van der Waals surface area contributed by atoms with Crippen LogP contribution >= 0.6 is 11.3 Å². The zero-order chi connectivity index (χ0) is 33.1. The number of halogens is 3. The van der Waals surface area contributed by atoms with Gasteiger partial charge >= 0.3 is 6.18 Å². The zero-order valence-electron chi connectivity index (χ0n) is 26.7. The van der Waals surface area contributed by atoms with Gasteiger partial charge in [-0.15, -0.1) is 11.3 Å². The molecule has 5 heterocycles. The number of alkyl halides is 3. The Kier molecular flexibility index (Phi) is 9.98. The van der Waals surface area contributed by atoms with Gasteiger partial charge in [-0.1, -0.05) is 6.07 Å². The maximum Gasteiger partial charge on any atom is 0.393 e. The van der Waals surface area contributed by atoms with Gasteiger partial charge < -0.3 is 20.0 Å². The molecule has 3 aromatic heterocycles. The number of aryl methyl sites for hydroxylation is 1. The molecule has 2 aliphatic rings. The summed E-state index contributed by atoms with van der Waals surface area (Å²) in [6.45, 7) is 10.4. The number of thiophene rings is 1. The summed E-state index contributed by atoms with van der Waals surface area (Å²) >= 11 is 1.06. The topological polar surface area (TPSA) is 105 Å². The van der Waals surface area contributed by atoms with E-state index in [0.717, 1.165) is 100 Å². The number of benzene rings is 1. The third kappa shape index (κ3) is 7.70. The van der Waals surface area contributed by atoms with Crippen LogP contribution in [-0.2, 0) is 24.3 Å². The monoisotopic (exact) mass is 667 g/mol. The van der Waals surface area contributed by atoms with Crippen LogP contribution in [0.1, 0.15) is 34.5 Å². The van der Waals surface area contributed by atoms with Crippen LogP contribution in [0, 0.1) is 18.3 Å². The lowest BCUT2D eigenvalue weighted by Crippen LogP contribution is -2.47. The van der Waals surface area contributed by atoms with Crippen molar-refractivity contribution in [2.24, 2.45) is 0 Å². The van der Waals surface area contributed by atoms with Crippen LogP contribution in [0.2, 0.25) is 0 Å². The first kappa shape index (κ1) is 33.1. The molecule has 6 rings (SSSR count). The van der Waals surface area contributed by atoms with Crippen LogP contribution in [-0.4, -0.2) is 107 Å². The number of rotatable bonds is 11. The molecule has 0 radical (unpaired) electrons. The Hall–Kier alpha value is -3.77. The maximum atomic E-state index is 13.1. The number of nitrogens with one attached hydrogen (secondary N) is 2. The SMILES string of the molecule is CNc1nc(NC2CCN(Cc3ccc4c(cc(C#N)n4CCN4CCN(CC=O)CC4)c3C)CC2)c2cc(CC(F)(F)F)sc2n1. The number of carbonyl (C=O) groups is 1. The molecule has 14 heteroatoms. The van der Waals surface area contributed by atoms with Gasteiger partial charge in [-0.2, -0.15) is 23.4 Å². The van der Waals surface area contributed by atoms with Gasteiger partial charge in [-0.05, 0) is 49.1 Å². The highest BCUT2D eigenvalue weighted by Gasteiger charge is 2.30. The lowest BCUT2D eigenvalue weighted by Gasteiger charge is -2.33. The lowest BCUT2D eigenvalue weighted by atomic mass is 10.0. The highest BCUT2D eigenvalue weighted by Crippen LogP contribution is 2.35. The molecule has 0 unspecified atom stereocenters. The third-order valence-electron chi connectivity index (χ3n) is 9.38. The molecule has 0 atom stereocenters. The molecule has 250 valence electrons. The fraction of sp³-hybridized carbons (Fsp3) is 0.515. The highest BCUT2D eigenvalue weighted by molar-refractivity contribution is 7.18. The van der Waals surface area contributed by atoms with E-state index < -0.39 is 12.6 Å². The van der Waals surface area contributed by atoms with Crippen molar-refractivity contribution in [3.63, 3.8) is 0 Å². The molecule has 1 aromatic carbocycles. The third-order valence-corrected chi connectivity index (χ3v) is 10.4. The number of hydrogen-bond acceptors (Lipinski definition) is 10.